The number of ether oxygens (including phenoxy) is 1. The van der Waals surface area contributed by atoms with Crippen molar-refractivity contribution in [3.05, 3.63) is 65.0 Å². The van der Waals surface area contributed by atoms with Crippen molar-refractivity contribution in [3.63, 3.8) is 0 Å². The van der Waals surface area contributed by atoms with E-state index < -0.39 is 5.82 Å². The van der Waals surface area contributed by atoms with Crippen LogP contribution in [0.15, 0.2) is 42.5 Å². The van der Waals surface area contributed by atoms with E-state index in [2.05, 4.69) is 41.1 Å². The third-order valence-corrected chi connectivity index (χ3v) is 6.85. The second-order valence-electron chi connectivity index (χ2n) is 9.18. The Kier molecular flexibility index (Phi) is 7.43. The number of carbonyl (C=O) groups excluding carboxylic acids is 1. The molecule has 0 atom stereocenters. The van der Waals surface area contributed by atoms with E-state index in [-0.39, 0.29) is 11.7 Å². The molecule has 32 heavy (non-hydrogen) atoms. The SMILES string of the molecule is COc1ccc(C(=O)N2CCC(Cc3ccc(CN4CCN(C)CC4)cc3)CC2)cc1F. The first kappa shape index (κ1) is 22.7. The van der Waals surface area contributed by atoms with Gasteiger partial charge in [-0.1, -0.05) is 24.3 Å². The maximum absolute atomic E-state index is 14.0. The zero-order valence-electron chi connectivity index (χ0n) is 19.2. The van der Waals surface area contributed by atoms with Crippen LogP contribution in [0.5, 0.6) is 5.75 Å². The van der Waals surface area contributed by atoms with Crippen molar-refractivity contribution in [1.82, 2.24) is 14.7 Å². The molecule has 5 nitrogen and oxygen atoms in total. The molecule has 0 aromatic heterocycles. The van der Waals surface area contributed by atoms with Crippen molar-refractivity contribution < 1.29 is 13.9 Å². The molecular formula is C26H34FN3O2. The summed E-state index contributed by atoms with van der Waals surface area (Å²) in [5.41, 5.74) is 3.14. The molecule has 2 fully saturated rings. The lowest BCUT2D eigenvalue weighted by molar-refractivity contribution is 0.0690. The molecule has 0 saturated carbocycles. The highest BCUT2D eigenvalue weighted by Gasteiger charge is 2.24. The number of likely N-dealkylation sites (tertiary alicyclic amines) is 1. The normalized spacial score (nSPS) is 18.7. The second-order valence-corrected chi connectivity index (χ2v) is 9.18. The lowest BCUT2D eigenvalue weighted by Gasteiger charge is -2.32. The van der Waals surface area contributed by atoms with Crippen molar-refractivity contribution in [3.8, 4) is 5.75 Å². The molecule has 2 aromatic carbocycles. The second kappa shape index (κ2) is 10.5. The van der Waals surface area contributed by atoms with Gasteiger partial charge in [-0.15, -0.1) is 0 Å². The van der Waals surface area contributed by atoms with Crippen molar-refractivity contribution in [1.29, 1.82) is 0 Å². The lowest BCUT2D eigenvalue weighted by Crippen LogP contribution is -2.43. The third-order valence-electron chi connectivity index (χ3n) is 6.85. The molecule has 2 heterocycles. The monoisotopic (exact) mass is 439 g/mol. The first-order chi connectivity index (χ1) is 15.5. The predicted molar refractivity (Wildman–Crippen MR) is 124 cm³/mol. The van der Waals surface area contributed by atoms with Crippen molar-refractivity contribution in [2.75, 3.05) is 53.4 Å². The summed E-state index contributed by atoms with van der Waals surface area (Å²) in [5, 5.41) is 0. The fraction of sp³-hybridized carbons (Fsp3) is 0.500. The number of amides is 1. The average Bonchev–Trinajstić information content (AvgIpc) is 2.82. The smallest absolute Gasteiger partial charge is 0.253 e. The topological polar surface area (TPSA) is 36.0 Å². The maximum atomic E-state index is 14.0. The number of hydrogen-bond acceptors (Lipinski definition) is 4. The van der Waals surface area contributed by atoms with Crippen LogP contribution < -0.4 is 4.74 Å². The highest BCUT2D eigenvalue weighted by molar-refractivity contribution is 5.94. The Balaban J connectivity index is 1.25. The summed E-state index contributed by atoms with van der Waals surface area (Å²) in [6.45, 7) is 7.04. The van der Waals surface area contributed by atoms with Crippen molar-refractivity contribution in [2.24, 2.45) is 5.92 Å². The van der Waals surface area contributed by atoms with Gasteiger partial charge in [0.05, 0.1) is 7.11 Å². The molecule has 1 amide bonds. The van der Waals surface area contributed by atoms with Crippen LogP contribution in [0.4, 0.5) is 4.39 Å². The highest BCUT2D eigenvalue weighted by Crippen LogP contribution is 2.25. The van der Waals surface area contributed by atoms with Gasteiger partial charge in [-0.2, -0.15) is 0 Å². The Morgan fingerprint density at radius 3 is 2.25 bits per heavy atom. The molecule has 0 spiro atoms. The molecule has 0 unspecified atom stereocenters. The third kappa shape index (κ3) is 5.67. The fourth-order valence-corrected chi connectivity index (χ4v) is 4.70. The van der Waals surface area contributed by atoms with Crippen LogP contribution in [0, 0.1) is 11.7 Å². The molecule has 2 aliphatic heterocycles. The Labute approximate surface area is 190 Å². The number of nitrogens with zero attached hydrogens (tertiary/aromatic N) is 3. The van der Waals surface area contributed by atoms with Gasteiger partial charge in [-0.25, -0.2) is 4.39 Å². The van der Waals surface area contributed by atoms with E-state index >= 15 is 0 Å². The van der Waals surface area contributed by atoms with Crippen LogP contribution in [0.2, 0.25) is 0 Å². The van der Waals surface area contributed by atoms with Crippen molar-refractivity contribution in [2.45, 2.75) is 25.8 Å². The van der Waals surface area contributed by atoms with Gasteiger partial charge in [0.15, 0.2) is 11.6 Å². The molecule has 0 N–H and O–H groups in total. The molecule has 0 aliphatic carbocycles. The number of benzene rings is 2. The van der Waals surface area contributed by atoms with Crippen LogP contribution in [0.3, 0.4) is 0 Å². The summed E-state index contributed by atoms with van der Waals surface area (Å²) in [4.78, 5) is 19.5. The van der Waals surface area contributed by atoms with E-state index in [0.717, 1.165) is 65.1 Å². The number of hydrogen-bond donors (Lipinski definition) is 0. The summed E-state index contributed by atoms with van der Waals surface area (Å²) in [5.74, 6) is 0.146. The number of halogens is 1. The first-order valence-corrected chi connectivity index (χ1v) is 11.6. The quantitative estimate of drug-likeness (QED) is 0.688. The number of piperidine rings is 1. The standard InChI is InChI=1S/C26H34FN3O2/c1-28-13-15-29(16-14-28)19-22-5-3-20(4-6-22)17-21-9-11-30(12-10-21)26(31)23-7-8-25(32-2)24(27)18-23/h3-8,18,21H,9-17,19H2,1-2H3. The molecule has 4 rings (SSSR count). The largest absolute Gasteiger partial charge is 0.494 e. The van der Waals surface area contributed by atoms with Crippen LogP contribution in [-0.2, 0) is 13.0 Å². The van der Waals surface area contributed by atoms with Crippen molar-refractivity contribution >= 4 is 5.91 Å². The zero-order valence-corrected chi connectivity index (χ0v) is 19.2. The molecule has 172 valence electrons. The van der Waals surface area contributed by atoms with Gasteiger partial charge in [0.25, 0.3) is 5.91 Å². The average molecular weight is 440 g/mol. The number of rotatable bonds is 6. The molecular weight excluding hydrogens is 405 g/mol. The Bertz CT molecular complexity index is 902. The highest BCUT2D eigenvalue weighted by atomic mass is 19.1. The van der Waals surface area contributed by atoms with E-state index in [9.17, 15) is 9.18 Å². The number of carbonyl (C=O) groups is 1. The van der Waals surface area contributed by atoms with Gasteiger partial charge >= 0.3 is 0 Å². The summed E-state index contributed by atoms with van der Waals surface area (Å²) in [6.07, 6.45) is 3.01. The van der Waals surface area contributed by atoms with Gasteiger partial charge < -0.3 is 14.5 Å². The molecule has 2 aromatic rings. The Hall–Kier alpha value is -2.44. The van der Waals surface area contributed by atoms with E-state index in [0.29, 0.717) is 11.5 Å². The summed E-state index contributed by atoms with van der Waals surface area (Å²) >= 11 is 0. The van der Waals surface area contributed by atoms with Crippen LogP contribution in [0.1, 0.15) is 34.3 Å². The van der Waals surface area contributed by atoms with Crippen LogP contribution in [0.25, 0.3) is 0 Å². The number of methoxy groups -OCH3 is 1. The van der Waals surface area contributed by atoms with Gasteiger partial charge in [0.1, 0.15) is 0 Å². The predicted octanol–water partition coefficient (Wildman–Crippen LogP) is 3.68. The molecule has 2 saturated heterocycles. The minimum absolute atomic E-state index is 0.0988. The van der Waals surface area contributed by atoms with Crippen LogP contribution >= 0.6 is 0 Å². The van der Waals surface area contributed by atoms with Gasteiger partial charge in [0.2, 0.25) is 0 Å². The number of likely N-dealkylation sites (N-methyl/N-ethyl adjacent to an activating group) is 1. The van der Waals surface area contributed by atoms with E-state index in [1.165, 1.54) is 30.4 Å². The minimum atomic E-state index is -0.496. The first-order valence-electron chi connectivity index (χ1n) is 11.6. The Morgan fingerprint density at radius 2 is 1.62 bits per heavy atom. The Morgan fingerprint density at radius 1 is 0.969 bits per heavy atom. The summed E-state index contributed by atoms with van der Waals surface area (Å²) in [7, 11) is 3.61. The molecule has 6 heteroatoms. The minimum Gasteiger partial charge on any atom is -0.494 e. The lowest BCUT2D eigenvalue weighted by atomic mass is 9.89. The number of piperazine rings is 1. The molecule has 0 bridgehead atoms. The van der Waals surface area contributed by atoms with E-state index in [4.69, 9.17) is 4.74 Å². The molecule has 0 radical (unpaired) electrons. The van der Waals surface area contributed by atoms with Crippen LogP contribution in [-0.4, -0.2) is 74.0 Å². The van der Waals surface area contributed by atoms with Gasteiger partial charge in [-0.05, 0) is 61.6 Å². The maximum Gasteiger partial charge on any atom is 0.253 e. The summed E-state index contributed by atoms with van der Waals surface area (Å²) < 4.78 is 18.9. The summed E-state index contributed by atoms with van der Waals surface area (Å²) in [6, 6.07) is 13.5. The fourth-order valence-electron chi connectivity index (χ4n) is 4.70. The van der Waals surface area contributed by atoms with Gasteiger partial charge in [-0.3, -0.25) is 9.69 Å². The van der Waals surface area contributed by atoms with E-state index in [1.807, 2.05) is 4.90 Å². The van der Waals surface area contributed by atoms with E-state index in [1.54, 1.807) is 6.07 Å². The van der Waals surface area contributed by atoms with Gasteiger partial charge in [0, 0.05) is 51.4 Å². The zero-order chi connectivity index (χ0) is 22.5. The molecule has 2 aliphatic rings.